The maximum atomic E-state index is 12.8. The van der Waals surface area contributed by atoms with Gasteiger partial charge in [-0.3, -0.25) is 4.79 Å². The fourth-order valence-electron chi connectivity index (χ4n) is 4.11. The molecule has 0 spiro atoms. The van der Waals surface area contributed by atoms with Crippen LogP contribution in [0.4, 0.5) is 0 Å². The molecule has 1 aliphatic heterocycles. The number of carboxylic acids is 2. The summed E-state index contributed by atoms with van der Waals surface area (Å²) < 4.78 is 31.8. The summed E-state index contributed by atoms with van der Waals surface area (Å²) >= 11 is 0. The normalized spacial score (nSPS) is 16.1. The minimum absolute atomic E-state index is 0.0484. The lowest BCUT2D eigenvalue weighted by Crippen LogP contribution is -2.40. The van der Waals surface area contributed by atoms with Gasteiger partial charge in [-0.2, -0.15) is 4.31 Å². The van der Waals surface area contributed by atoms with Gasteiger partial charge in [0, 0.05) is 6.54 Å². The summed E-state index contributed by atoms with van der Waals surface area (Å²) in [5.74, 6) is -1.69. The first kappa shape index (κ1) is 31.6. The van der Waals surface area contributed by atoms with Crippen molar-refractivity contribution in [2.24, 2.45) is 10.3 Å². The minimum Gasteiger partial charge on any atom is -0.482 e. The highest BCUT2D eigenvalue weighted by Crippen LogP contribution is 2.26. The molecule has 13 heteroatoms. The molecule has 0 bridgehead atoms. The van der Waals surface area contributed by atoms with E-state index < -0.39 is 34.6 Å². The highest BCUT2D eigenvalue weighted by molar-refractivity contribution is 7.89. The lowest BCUT2D eigenvalue weighted by atomic mass is 10.1. The fraction of sp³-hybridized carbons (Fsp3) is 0.429. The molecule has 41 heavy (non-hydrogen) atoms. The number of hydrogen-bond acceptors (Lipinski definition) is 9. The van der Waals surface area contributed by atoms with Crippen molar-refractivity contribution in [2.45, 2.75) is 56.4 Å². The van der Waals surface area contributed by atoms with Gasteiger partial charge in [-0.25, -0.2) is 13.2 Å². The molecule has 0 aliphatic carbocycles. The fourth-order valence-corrected chi connectivity index (χ4v) is 5.76. The lowest BCUT2D eigenvalue weighted by Gasteiger charge is -2.20. The van der Waals surface area contributed by atoms with Crippen LogP contribution >= 0.6 is 0 Å². The van der Waals surface area contributed by atoms with Crippen molar-refractivity contribution < 1.29 is 42.6 Å². The molecule has 0 saturated carbocycles. The average Bonchev–Trinajstić information content (AvgIpc) is 3.47. The van der Waals surface area contributed by atoms with E-state index in [1.807, 2.05) is 6.92 Å². The second-order valence-electron chi connectivity index (χ2n) is 9.38. The van der Waals surface area contributed by atoms with E-state index in [0.717, 1.165) is 35.6 Å². The molecule has 222 valence electrons. The molecule has 1 saturated heterocycles. The molecule has 0 radical (unpaired) electrons. The summed E-state index contributed by atoms with van der Waals surface area (Å²) in [6.07, 6.45) is 5.85. The third-order valence-electron chi connectivity index (χ3n) is 6.31. The van der Waals surface area contributed by atoms with E-state index in [-0.39, 0.29) is 11.4 Å². The van der Waals surface area contributed by atoms with Crippen LogP contribution in [0.1, 0.15) is 56.6 Å². The van der Waals surface area contributed by atoms with Crippen LogP contribution in [0.3, 0.4) is 0 Å². The van der Waals surface area contributed by atoms with Crippen molar-refractivity contribution in [1.82, 2.24) is 4.31 Å². The van der Waals surface area contributed by atoms with E-state index in [2.05, 4.69) is 10.3 Å². The largest absolute Gasteiger partial charge is 0.482 e. The summed E-state index contributed by atoms with van der Waals surface area (Å²) in [4.78, 5) is 32.6. The first-order valence-corrected chi connectivity index (χ1v) is 14.7. The zero-order valence-electron chi connectivity index (χ0n) is 22.8. The average molecular weight is 590 g/mol. The zero-order valence-corrected chi connectivity index (χ0v) is 23.7. The van der Waals surface area contributed by atoms with Gasteiger partial charge >= 0.3 is 11.9 Å². The van der Waals surface area contributed by atoms with Crippen molar-refractivity contribution in [3.8, 4) is 5.75 Å². The molecular formula is C28H35N3O9S. The summed E-state index contributed by atoms with van der Waals surface area (Å²) in [5.41, 5.74) is 2.22. The highest BCUT2D eigenvalue weighted by atomic mass is 32.2. The number of aliphatic carboxylic acids is 2. The Labute approximate surface area is 239 Å². The van der Waals surface area contributed by atoms with Gasteiger partial charge in [-0.15, -0.1) is 0 Å². The number of carbonyl (C=O) groups is 2. The monoisotopic (exact) mass is 589 g/mol. The van der Waals surface area contributed by atoms with Gasteiger partial charge in [0.05, 0.1) is 16.8 Å². The second kappa shape index (κ2) is 15.7. The topological polar surface area (TPSA) is 164 Å². The predicted octanol–water partition coefficient (Wildman–Crippen LogP) is 3.74. The van der Waals surface area contributed by atoms with Gasteiger partial charge < -0.3 is 24.6 Å². The summed E-state index contributed by atoms with van der Waals surface area (Å²) in [7, 11) is -3.87. The van der Waals surface area contributed by atoms with Crippen LogP contribution in [0, 0.1) is 0 Å². The smallest absolute Gasteiger partial charge is 0.341 e. The van der Waals surface area contributed by atoms with Gasteiger partial charge in [0.2, 0.25) is 10.0 Å². The van der Waals surface area contributed by atoms with Crippen molar-refractivity contribution in [1.29, 1.82) is 0 Å². The molecule has 12 nitrogen and oxygen atoms in total. The van der Waals surface area contributed by atoms with Crippen LogP contribution in [0.2, 0.25) is 0 Å². The van der Waals surface area contributed by atoms with Crippen molar-refractivity contribution >= 4 is 33.9 Å². The number of rotatable bonds is 17. The van der Waals surface area contributed by atoms with E-state index >= 15 is 0 Å². The van der Waals surface area contributed by atoms with E-state index in [0.29, 0.717) is 43.1 Å². The van der Waals surface area contributed by atoms with Crippen molar-refractivity contribution in [3.05, 3.63) is 59.7 Å². The molecule has 1 heterocycles. The summed E-state index contributed by atoms with van der Waals surface area (Å²) in [5, 5.41) is 26.0. The number of carboxylic acid groups (broad SMARTS) is 2. The van der Waals surface area contributed by atoms with Crippen LogP contribution < -0.4 is 4.74 Å². The molecule has 2 aromatic carbocycles. The van der Waals surface area contributed by atoms with Gasteiger partial charge in [0.25, 0.3) is 0 Å². The number of oxime groups is 2. The molecule has 1 fully saturated rings. The Morgan fingerprint density at radius 3 is 2.27 bits per heavy atom. The molecular weight excluding hydrogens is 554 g/mol. The van der Waals surface area contributed by atoms with E-state index in [4.69, 9.17) is 19.5 Å². The Hall–Kier alpha value is -3.97. The van der Waals surface area contributed by atoms with E-state index in [1.165, 1.54) is 18.3 Å². The van der Waals surface area contributed by atoms with Crippen LogP contribution in [-0.4, -0.2) is 79.2 Å². The number of sulfonamides is 1. The SMILES string of the molecule is C/C(=N/OCCCCCCO/N=C/c1ccc(S(=O)(=O)N2CCCC2C(=O)O)cc1)c1ccc(OCC(=O)O)cc1. The Morgan fingerprint density at radius 2 is 1.63 bits per heavy atom. The Kier molecular flexibility index (Phi) is 12.1. The van der Waals surface area contributed by atoms with Gasteiger partial charge in [0.1, 0.15) is 25.0 Å². The second-order valence-corrected chi connectivity index (χ2v) is 11.3. The zero-order chi connectivity index (χ0) is 29.7. The van der Waals surface area contributed by atoms with Crippen molar-refractivity contribution in [3.63, 3.8) is 0 Å². The molecule has 2 aromatic rings. The lowest BCUT2D eigenvalue weighted by molar-refractivity contribution is -0.141. The van der Waals surface area contributed by atoms with Crippen LogP contribution in [-0.2, 0) is 29.3 Å². The molecule has 1 unspecified atom stereocenters. The molecule has 0 aromatic heterocycles. The highest BCUT2D eigenvalue weighted by Gasteiger charge is 2.39. The Bertz CT molecular complexity index is 1310. The summed E-state index contributed by atoms with van der Waals surface area (Å²) in [6, 6.07) is 12.0. The molecule has 1 aliphatic rings. The number of unbranched alkanes of at least 4 members (excludes halogenated alkanes) is 3. The van der Waals surface area contributed by atoms with E-state index in [1.54, 1.807) is 36.4 Å². The number of nitrogens with zero attached hydrogens (tertiary/aromatic N) is 3. The number of hydrogen-bond donors (Lipinski definition) is 2. The summed E-state index contributed by atoms with van der Waals surface area (Å²) in [6.45, 7) is 2.56. The third-order valence-corrected chi connectivity index (χ3v) is 8.23. The quantitative estimate of drug-likeness (QED) is 0.159. The van der Waals surface area contributed by atoms with Crippen LogP contribution in [0.25, 0.3) is 0 Å². The maximum absolute atomic E-state index is 12.8. The minimum atomic E-state index is -3.87. The molecule has 1 atom stereocenters. The van der Waals surface area contributed by atoms with Crippen LogP contribution in [0.15, 0.2) is 63.7 Å². The first-order chi connectivity index (χ1) is 19.7. The first-order valence-electron chi connectivity index (χ1n) is 13.3. The van der Waals surface area contributed by atoms with Crippen LogP contribution in [0.5, 0.6) is 5.75 Å². The van der Waals surface area contributed by atoms with E-state index in [9.17, 15) is 23.1 Å². The molecule has 2 N–H and O–H groups in total. The third kappa shape index (κ3) is 9.87. The predicted molar refractivity (Wildman–Crippen MR) is 151 cm³/mol. The molecule has 0 amide bonds. The number of ether oxygens (including phenoxy) is 1. The van der Waals surface area contributed by atoms with Gasteiger partial charge in [0.15, 0.2) is 6.61 Å². The molecule has 3 rings (SSSR count). The standard InChI is InChI=1S/C28H35N3O9S/c1-21(23-10-12-24(13-11-23)38-20-27(32)33)30-40-18-5-3-2-4-17-39-29-19-22-8-14-25(15-9-22)41(36,37)31-16-6-7-26(31)28(34)35/h8-15,19,26H,2-7,16-18,20H2,1H3,(H,32,33)(H,34,35)/b29-19+,30-21-. The Balaban J connectivity index is 1.28. The maximum Gasteiger partial charge on any atom is 0.341 e. The Morgan fingerprint density at radius 1 is 0.976 bits per heavy atom. The van der Waals surface area contributed by atoms with Crippen molar-refractivity contribution in [2.75, 3.05) is 26.4 Å². The van der Waals surface area contributed by atoms with Gasteiger partial charge in [-0.05, 0) is 93.0 Å². The van der Waals surface area contributed by atoms with Gasteiger partial charge in [-0.1, -0.05) is 22.4 Å². The number of benzene rings is 2.